The molecule has 2 aromatic heterocycles. The highest BCUT2D eigenvalue weighted by Crippen LogP contribution is 2.22. The van der Waals surface area contributed by atoms with Crippen LogP contribution in [0.2, 0.25) is 0 Å². The highest BCUT2D eigenvalue weighted by Gasteiger charge is 2.28. The Labute approximate surface area is 147 Å². The van der Waals surface area contributed by atoms with Gasteiger partial charge in [0.2, 0.25) is 5.89 Å². The molecule has 3 rings (SSSR count). The van der Waals surface area contributed by atoms with Crippen LogP contribution >= 0.6 is 0 Å². The number of hydrogen-bond acceptors (Lipinski definition) is 5. The number of likely N-dealkylation sites (tertiary alicyclic amines) is 1. The zero-order valence-electron chi connectivity index (χ0n) is 15.1. The van der Waals surface area contributed by atoms with Gasteiger partial charge in [-0.3, -0.25) is 4.68 Å². The molecule has 8 nitrogen and oxygen atoms in total. The Balaban J connectivity index is 1.53. The van der Waals surface area contributed by atoms with Gasteiger partial charge in [0.15, 0.2) is 5.82 Å². The highest BCUT2D eigenvalue weighted by molar-refractivity contribution is 5.74. The summed E-state index contributed by atoms with van der Waals surface area (Å²) in [4.78, 5) is 18.8. The van der Waals surface area contributed by atoms with Gasteiger partial charge in [-0.05, 0) is 37.7 Å². The Bertz CT molecular complexity index is 673. The molecule has 25 heavy (non-hydrogen) atoms. The molecule has 1 N–H and O–H groups in total. The van der Waals surface area contributed by atoms with E-state index in [9.17, 15) is 4.79 Å². The molecule has 0 saturated carbocycles. The number of amides is 2. The molecule has 0 radical (unpaired) electrons. The molecule has 136 valence electrons. The average Bonchev–Trinajstić information content (AvgIpc) is 3.24. The molecule has 1 fully saturated rings. The lowest BCUT2D eigenvalue weighted by atomic mass is 9.97. The molecule has 0 unspecified atom stereocenters. The number of hydrogen-bond donors (Lipinski definition) is 1. The minimum atomic E-state index is -0.268. The lowest BCUT2D eigenvalue weighted by molar-refractivity contribution is 0.155. The van der Waals surface area contributed by atoms with Crippen molar-refractivity contribution in [3.05, 3.63) is 30.2 Å². The van der Waals surface area contributed by atoms with Gasteiger partial charge in [-0.15, -0.1) is 0 Å². The molecule has 2 amide bonds. The molecule has 1 saturated heterocycles. The topological polar surface area (TPSA) is 89.1 Å². The first kappa shape index (κ1) is 17.4. The van der Waals surface area contributed by atoms with Crippen LogP contribution < -0.4 is 5.32 Å². The summed E-state index contributed by atoms with van der Waals surface area (Å²) in [5, 5.41) is 11.1. The summed E-state index contributed by atoms with van der Waals surface area (Å²) in [7, 11) is 0. The van der Waals surface area contributed by atoms with Crippen LogP contribution in [0.5, 0.6) is 0 Å². The third-order valence-corrected chi connectivity index (χ3v) is 4.66. The summed E-state index contributed by atoms with van der Waals surface area (Å²) in [6.07, 6.45) is 5.76. The van der Waals surface area contributed by atoms with Crippen LogP contribution in [-0.2, 0) is 6.54 Å². The second kappa shape index (κ2) is 7.67. The van der Waals surface area contributed by atoms with E-state index < -0.39 is 0 Å². The van der Waals surface area contributed by atoms with Crippen molar-refractivity contribution in [1.82, 2.24) is 30.1 Å². The van der Waals surface area contributed by atoms with E-state index in [0.717, 1.165) is 32.5 Å². The lowest BCUT2D eigenvalue weighted by Crippen LogP contribution is -2.46. The quantitative estimate of drug-likeness (QED) is 0.898. The predicted molar refractivity (Wildman–Crippen MR) is 91.7 cm³/mol. The van der Waals surface area contributed by atoms with E-state index >= 15 is 0 Å². The van der Waals surface area contributed by atoms with E-state index in [1.54, 1.807) is 13.1 Å². The third kappa shape index (κ3) is 4.37. The average molecular weight is 346 g/mol. The Hall–Kier alpha value is -2.38. The lowest BCUT2D eigenvalue weighted by Gasteiger charge is -2.33. The van der Waals surface area contributed by atoms with Crippen molar-refractivity contribution in [2.45, 2.75) is 46.2 Å². The molecule has 0 spiro atoms. The first-order valence-corrected chi connectivity index (χ1v) is 8.86. The van der Waals surface area contributed by atoms with Crippen molar-refractivity contribution in [2.24, 2.45) is 11.8 Å². The predicted octanol–water partition coefficient (Wildman–Crippen LogP) is 2.39. The number of rotatable bonds is 5. The van der Waals surface area contributed by atoms with Crippen molar-refractivity contribution >= 4 is 6.03 Å². The number of piperidine rings is 1. The van der Waals surface area contributed by atoms with Crippen LogP contribution in [0, 0.1) is 18.8 Å². The van der Waals surface area contributed by atoms with Crippen LogP contribution in [0.4, 0.5) is 4.79 Å². The van der Waals surface area contributed by atoms with Gasteiger partial charge >= 0.3 is 6.03 Å². The van der Waals surface area contributed by atoms with E-state index in [1.807, 2.05) is 35.7 Å². The summed E-state index contributed by atoms with van der Waals surface area (Å²) >= 11 is 0. The Morgan fingerprint density at radius 2 is 2.16 bits per heavy atom. The van der Waals surface area contributed by atoms with E-state index in [1.165, 1.54) is 0 Å². The molecule has 1 aliphatic rings. The van der Waals surface area contributed by atoms with Crippen LogP contribution in [-0.4, -0.2) is 43.9 Å². The van der Waals surface area contributed by atoms with Gasteiger partial charge in [0.1, 0.15) is 6.04 Å². The van der Waals surface area contributed by atoms with Crippen molar-refractivity contribution in [1.29, 1.82) is 0 Å². The van der Waals surface area contributed by atoms with Crippen LogP contribution in [0.15, 0.2) is 23.0 Å². The fourth-order valence-corrected chi connectivity index (χ4v) is 3.17. The Morgan fingerprint density at radius 1 is 1.40 bits per heavy atom. The summed E-state index contributed by atoms with van der Waals surface area (Å²) in [6.45, 7) is 8.26. The standard InChI is InChI=1S/C17H26N6O2/c1-12(2)15(16-19-13(3)21-25-16)20-17(24)22-9-5-14(6-10-22)11-23-8-4-7-18-23/h4,7-8,12,14-15H,5-6,9-11H2,1-3H3,(H,20,24)/t15-/m1/s1. The zero-order chi connectivity index (χ0) is 17.8. The van der Waals surface area contributed by atoms with E-state index in [2.05, 4.69) is 20.6 Å². The SMILES string of the molecule is Cc1noc([C@H](NC(=O)N2CCC(Cn3cccn3)CC2)C(C)C)n1. The maximum Gasteiger partial charge on any atom is 0.318 e. The molecule has 8 heteroatoms. The summed E-state index contributed by atoms with van der Waals surface area (Å²) < 4.78 is 7.21. The highest BCUT2D eigenvalue weighted by atomic mass is 16.5. The van der Waals surface area contributed by atoms with Crippen LogP contribution in [0.3, 0.4) is 0 Å². The van der Waals surface area contributed by atoms with E-state index in [-0.39, 0.29) is 18.0 Å². The number of nitrogens with one attached hydrogen (secondary N) is 1. The number of carbonyl (C=O) groups is 1. The minimum Gasteiger partial charge on any atom is -0.337 e. The molecule has 1 aliphatic heterocycles. The normalized spacial score (nSPS) is 17.0. The monoisotopic (exact) mass is 346 g/mol. The van der Waals surface area contributed by atoms with Gasteiger partial charge in [0.05, 0.1) is 0 Å². The van der Waals surface area contributed by atoms with E-state index in [4.69, 9.17) is 4.52 Å². The molecule has 1 atom stereocenters. The van der Waals surface area contributed by atoms with Gasteiger partial charge in [-0.1, -0.05) is 19.0 Å². The Morgan fingerprint density at radius 3 is 2.72 bits per heavy atom. The molecule has 0 bridgehead atoms. The maximum absolute atomic E-state index is 12.6. The van der Waals surface area contributed by atoms with Gasteiger partial charge in [0, 0.05) is 32.0 Å². The molecule has 3 heterocycles. The molecule has 0 aromatic carbocycles. The van der Waals surface area contributed by atoms with Crippen LogP contribution in [0.25, 0.3) is 0 Å². The number of carbonyl (C=O) groups excluding carboxylic acids is 1. The molecular formula is C17H26N6O2. The van der Waals surface area contributed by atoms with Crippen molar-refractivity contribution in [3.63, 3.8) is 0 Å². The first-order chi connectivity index (χ1) is 12.0. The first-order valence-electron chi connectivity index (χ1n) is 8.86. The molecule has 0 aliphatic carbocycles. The maximum atomic E-state index is 12.6. The number of urea groups is 1. The van der Waals surface area contributed by atoms with Gasteiger partial charge in [-0.25, -0.2) is 4.79 Å². The largest absolute Gasteiger partial charge is 0.337 e. The zero-order valence-corrected chi connectivity index (χ0v) is 15.1. The summed E-state index contributed by atoms with van der Waals surface area (Å²) in [5.41, 5.74) is 0. The van der Waals surface area contributed by atoms with Crippen LogP contribution in [0.1, 0.15) is 44.4 Å². The minimum absolute atomic E-state index is 0.0629. The van der Waals surface area contributed by atoms with Gasteiger partial charge < -0.3 is 14.7 Å². The van der Waals surface area contributed by atoms with Crippen molar-refractivity contribution in [3.8, 4) is 0 Å². The second-order valence-electron chi connectivity index (χ2n) is 7.01. The smallest absolute Gasteiger partial charge is 0.318 e. The van der Waals surface area contributed by atoms with Crippen molar-refractivity contribution < 1.29 is 9.32 Å². The third-order valence-electron chi connectivity index (χ3n) is 4.66. The summed E-state index contributed by atoms with van der Waals surface area (Å²) in [6, 6.07) is 1.61. The molecule has 2 aromatic rings. The van der Waals surface area contributed by atoms with Crippen molar-refractivity contribution in [2.75, 3.05) is 13.1 Å². The summed E-state index contributed by atoms with van der Waals surface area (Å²) in [5.74, 6) is 1.77. The number of aromatic nitrogens is 4. The fraction of sp³-hybridized carbons (Fsp3) is 0.647. The number of nitrogens with zero attached hydrogens (tertiary/aromatic N) is 5. The fourth-order valence-electron chi connectivity index (χ4n) is 3.17. The van der Waals surface area contributed by atoms with Gasteiger partial charge in [0.25, 0.3) is 0 Å². The van der Waals surface area contributed by atoms with E-state index in [0.29, 0.717) is 17.6 Å². The van der Waals surface area contributed by atoms with Gasteiger partial charge in [-0.2, -0.15) is 10.1 Å². The molecular weight excluding hydrogens is 320 g/mol. The number of aryl methyl sites for hydroxylation is 1. The second-order valence-corrected chi connectivity index (χ2v) is 7.01. The Kier molecular flexibility index (Phi) is 5.35.